The lowest BCUT2D eigenvalue weighted by Gasteiger charge is -2.36. The Bertz CT molecular complexity index is 738. The zero-order valence-electron chi connectivity index (χ0n) is 14.7. The first-order valence-electron chi connectivity index (χ1n) is 8.69. The van der Waals surface area contributed by atoms with Crippen molar-refractivity contribution in [3.8, 4) is 6.07 Å². The summed E-state index contributed by atoms with van der Waals surface area (Å²) in [6.07, 6.45) is 3.27. The zero-order valence-corrected chi connectivity index (χ0v) is 15.6. The van der Waals surface area contributed by atoms with Crippen LogP contribution in [0, 0.1) is 17.2 Å². The van der Waals surface area contributed by atoms with Crippen LogP contribution in [0.1, 0.15) is 45.1 Å². The molecule has 1 aliphatic heterocycles. The van der Waals surface area contributed by atoms with E-state index in [9.17, 15) is 13.2 Å². The molecule has 1 heterocycles. The monoisotopic (exact) mass is 363 g/mol. The largest absolute Gasteiger partial charge is 0.356 e. The van der Waals surface area contributed by atoms with E-state index in [1.54, 1.807) is 0 Å². The van der Waals surface area contributed by atoms with Crippen LogP contribution in [0.4, 0.5) is 0 Å². The molecule has 1 fully saturated rings. The molecule has 6 nitrogen and oxygen atoms in total. The third kappa shape index (κ3) is 4.59. The van der Waals surface area contributed by atoms with Crippen molar-refractivity contribution >= 4 is 15.9 Å². The fourth-order valence-corrected chi connectivity index (χ4v) is 4.70. The summed E-state index contributed by atoms with van der Waals surface area (Å²) in [7, 11) is -3.68. The predicted molar refractivity (Wildman–Crippen MR) is 95.2 cm³/mol. The van der Waals surface area contributed by atoms with Gasteiger partial charge in [0.2, 0.25) is 15.9 Å². The van der Waals surface area contributed by atoms with Crippen molar-refractivity contribution < 1.29 is 13.2 Å². The van der Waals surface area contributed by atoms with E-state index in [2.05, 4.69) is 12.2 Å². The lowest BCUT2D eigenvalue weighted by atomic mass is 9.94. The van der Waals surface area contributed by atoms with Gasteiger partial charge in [0.15, 0.2) is 0 Å². The topological polar surface area (TPSA) is 90.3 Å². The van der Waals surface area contributed by atoms with E-state index in [4.69, 9.17) is 5.26 Å². The van der Waals surface area contributed by atoms with Gasteiger partial charge in [-0.05, 0) is 50.5 Å². The van der Waals surface area contributed by atoms with Crippen LogP contribution in [0.2, 0.25) is 0 Å². The average molecular weight is 363 g/mol. The molecule has 1 aliphatic rings. The Morgan fingerprint density at radius 2 is 2.00 bits per heavy atom. The standard InChI is InChI=1S/C18H25N3O3S/c1-3-4-11-20-18(22)16-8-5-14(2)21(13-16)25(23,24)17-9-6-15(12-19)7-10-17/h6-7,9-10,14,16H,3-5,8,11,13H2,1-2H3,(H,20,22). The summed E-state index contributed by atoms with van der Waals surface area (Å²) in [6, 6.07) is 7.72. The molecule has 0 bridgehead atoms. The van der Waals surface area contributed by atoms with Crippen molar-refractivity contribution in [2.45, 2.75) is 50.5 Å². The lowest BCUT2D eigenvalue weighted by molar-refractivity contribution is -0.126. The molecule has 7 heteroatoms. The van der Waals surface area contributed by atoms with Crippen molar-refractivity contribution in [1.82, 2.24) is 9.62 Å². The maximum absolute atomic E-state index is 12.9. The Kier molecular flexibility index (Phi) is 6.57. The van der Waals surface area contributed by atoms with Gasteiger partial charge in [0.1, 0.15) is 0 Å². The highest BCUT2D eigenvalue weighted by Gasteiger charge is 2.37. The maximum atomic E-state index is 12.9. The van der Waals surface area contributed by atoms with Crippen molar-refractivity contribution in [3.05, 3.63) is 29.8 Å². The number of carbonyl (C=O) groups is 1. The summed E-state index contributed by atoms with van der Waals surface area (Å²) in [5.41, 5.74) is 0.416. The SMILES string of the molecule is CCCCNC(=O)C1CCC(C)N(S(=O)(=O)c2ccc(C#N)cc2)C1. The summed E-state index contributed by atoms with van der Waals surface area (Å²) >= 11 is 0. The van der Waals surface area contributed by atoms with Gasteiger partial charge in [-0.1, -0.05) is 13.3 Å². The van der Waals surface area contributed by atoms with Crippen LogP contribution in [0.3, 0.4) is 0 Å². The Morgan fingerprint density at radius 3 is 2.60 bits per heavy atom. The van der Waals surface area contributed by atoms with Crippen molar-refractivity contribution in [2.24, 2.45) is 5.92 Å². The zero-order chi connectivity index (χ0) is 18.4. The van der Waals surface area contributed by atoms with Gasteiger partial charge >= 0.3 is 0 Å². The molecule has 1 aromatic rings. The fraction of sp³-hybridized carbons (Fsp3) is 0.556. The number of carbonyl (C=O) groups excluding carboxylic acids is 1. The van der Waals surface area contributed by atoms with Gasteiger partial charge in [-0.2, -0.15) is 9.57 Å². The van der Waals surface area contributed by atoms with Crippen molar-refractivity contribution in [1.29, 1.82) is 5.26 Å². The molecule has 0 aliphatic carbocycles. The number of nitrogens with one attached hydrogen (secondary N) is 1. The molecule has 136 valence electrons. The van der Waals surface area contributed by atoms with Crippen molar-refractivity contribution in [2.75, 3.05) is 13.1 Å². The molecule has 0 radical (unpaired) electrons. The Hall–Kier alpha value is -1.91. The summed E-state index contributed by atoms with van der Waals surface area (Å²) in [6.45, 7) is 4.75. The quantitative estimate of drug-likeness (QED) is 0.785. The van der Waals surface area contributed by atoms with Crippen LogP contribution in [0.25, 0.3) is 0 Å². The average Bonchev–Trinajstić information content (AvgIpc) is 2.62. The van der Waals surface area contributed by atoms with E-state index in [-0.39, 0.29) is 29.3 Å². The Balaban J connectivity index is 2.14. The highest BCUT2D eigenvalue weighted by molar-refractivity contribution is 7.89. The number of rotatable bonds is 6. The third-order valence-electron chi connectivity index (χ3n) is 4.62. The second kappa shape index (κ2) is 8.45. The number of nitrogens with zero attached hydrogens (tertiary/aromatic N) is 2. The molecule has 0 spiro atoms. The molecular formula is C18H25N3O3S. The number of unbranched alkanes of at least 4 members (excludes halogenated alkanes) is 1. The first-order chi connectivity index (χ1) is 11.9. The van der Waals surface area contributed by atoms with Crippen LogP contribution in [0.15, 0.2) is 29.2 Å². The Labute approximate surface area is 149 Å². The molecule has 1 saturated heterocycles. The highest BCUT2D eigenvalue weighted by Crippen LogP contribution is 2.28. The van der Waals surface area contributed by atoms with Gasteiger partial charge in [0.25, 0.3) is 0 Å². The second-order valence-corrected chi connectivity index (χ2v) is 8.37. The van der Waals surface area contributed by atoms with Crippen LogP contribution < -0.4 is 5.32 Å². The summed E-state index contributed by atoms with van der Waals surface area (Å²) in [5.74, 6) is -0.387. The molecule has 1 aromatic carbocycles. The first-order valence-corrected chi connectivity index (χ1v) is 10.1. The van der Waals surface area contributed by atoms with Gasteiger partial charge in [0.05, 0.1) is 22.4 Å². The number of benzene rings is 1. The third-order valence-corrected chi connectivity index (χ3v) is 6.61. The minimum atomic E-state index is -3.68. The fourth-order valence-electron chi connectivity index (χ4n) is 2.99. The van der Waals surface area contributed by atoms with Crippen LogP contribution in [-0.4, -0.2) is 37.8 Å². The molecule has 2 unspecified atom stereocenters. The molecule has 1 N–H and O–H groups in total. The summed E-state index contributed by atoms with van der Waals surface area (Å²) < 4.78 is 27.3. The normalized spacial score (nSPS) is 21.5. The molecule has 0 aromatic heterocycles. The Morgan fingerprint density at radius 1 is 1.32 bits per heavy atom. The molecule has 25 heavy (non-hydrogen) atoms. The minimum Gasteiger partial charge on any atom is -0.356 e. The van der Waals surface area contributed by atoms with E-state index in [1.165, 1.54) is 28.6 Å². The van der Waals surface area contributed by atoms with Gasteiger partial charge < -0.3 is 5.32 Å². The van der Waals surface area contributed by atoms with E-state index >= 15 is 0 Å². The smallest absolute Gasteiger partial charge is 0.243 e. The molecule has 2 atom stereocenters. The first kappa shape index (κ1) is 19.4. The van der Waals surface area contributed by atoms with E-state index in [0.717, 1.165) is 12.8 Å². The minimum absolute atomic E-state index is 0.0691. The number of hydrogen-bond donors (Lipinski definition) is 1. The van der Waals surface area contributed by atoms with E-state index in [0.29, 0.717) is 24.9 Å². The van der Waals surface area contributed by atoms with Gasteiger partial charge in [-0.25, -0.2) is 8.42 Å². The lowest BCUT2D eigenvalue weighted by Crippen LogP contribution is -2.49. The molecular weight excluding hydrogens is 338 g/mol. The molecule has 0 saturated carbocycles. The highest BCUT2D eigenvalue weighted by atomic mass is 32.2. The summed E-state index contributed by atoms with van der Waals surface area (Å²) in [4.78, 5) is 12.5. The molecule has 2 rings (SSSR count). The second-order valence-electron chi connectivity index (χ2n) is 6.48. The van der Waals surface area contributed by atoms with Crippen LogP contribution >= 0.6 is 0 Å². The van der Waals surface area contributed by atoms with Crippen LogP contribution in [-0.2, 0) is 14.8 Å². The van der Waals surface area contributed by atoms with Gasteiger partial charge in [-0.15, -0.1) is 0 Å². The molecule has 1 amide bonds. The summed E-state index contributed by atoms with van der Waals surface area (Å²) in [5, 5.41) is 11.8. The maximum Gasteiger partial charge on any atom is 0.243 e. The number of hydrogen-bond acceptors (Lipinski definition) is 4. The number of piperidine rings is 1. The predicted octanol–water partition coefficient (Wildman–Crippen LogP) is 2.26. The number of amides is 1. The van der Waals surface area contributed by atoms with Gasteiger partial charge in [-0.3, -0.25) is 4.79 Å². The van der Waals surface area contributed by atoms with E-state index in [1.807, 2.05) is 13.0 Å². The van der Waals surface area contributed by atoms with E-state index < -0.39 is 10.0 Å². The number of sulfonamides is 1. The number of nitriles is 1. The van der Waals surface area contributed by atoms with Crippen LogP contribution in [0.5, 0.6) is 0 Å². The van der Waals surface area contributed by atoms with Gasteiger partial charge in [0, 0.05) is 19.1 Å². The van der Waals surface area contributed by atoms with Crippen molar-refractivity contribution in [3.63, 3.8) is 0 Å².